The van der Waals surface area contributed by atoms with Crippen LogP contribution >= 0.6 is 0 Å². The molecule has 27 heavy (non-hydrogen) atoms. The van der Waals surface area contributed by atoms with Crippen LogP contribution in [-0.2, 0) is 0 Å². The van der Waals surface area contributed by atoms with Gasteiger partial charge < -0.3 is 10.5 Å². The fraction of sp³-hybridized carbons (Fsp3) is 0.0526. The topological polar surface area (TPSA) is 110 Å². The van der Waals surface area contributed by atoms with Gasteiger partial charge in [0.25, 0.3) is 0 Å². The van der Waals surface area contributed by atoms with Crippen LogP contribution in [0.5, 0.6) is 5.75 Å². The van der Waals surface area contributed by atoms with E-state index in [1.807, 2.05) is 30.3 Å². The molecule has 0 saturated carbocycles. The van der Waals surface area contributed by atoms with Crippen LogP contribution in [0.4, 0.5) is 16.3 Å². The van der Waals surface area contributed by atoms with Crippen LogP contribution in [0.1, 0.15) is 5.69 Å². The van der Waals surface area contributed by atoms with Crippen molar-refractivity contribution in [3.05, 3.63) is 66.6 Å². The molecule has 0 fully saturated rings. The zero-order valence-electron chi connectivity index (χ0n) is 14.5. The smallest absolute Gasteiger partial charge is 0.354 e. The largest absolute Gasteiger partial charge is 0.497 e. The number of anilines is 2. The minimum atomic E-state index is -0.542. The van der Waals surface area contributed by atoms with Crippen molar-refractivity contribution in [3.8, 4) is 11.4 Å². The number of carbonyl (C=O) groups is 1. The summed E-state index contributed by atoms with van der Waals surface area (Å²) in [6.45, 7) is 0. The number of hydrogen-bond acceptors (Lipinski definition) is 5. The molecule has 0 saturated heterocycles. The number of urea groups is 1. The van der Waals surface area contributed by atoms with Crippen LogP contribution in [0.2, 0.25) is 0 Å². The minimum absolute atomic E-state index is 0.0575. The van der Waals surface area contributed by atoms with Gasteiger partial charge in [0.05, 0.1) is 12.8 Å². The number of carbonyl (C=O) groups excluding carboxylic acids is 1. The Labute approximate surface area is 155 Å². The van der Waals surface area contributed by atoms with Gasteiger partial charge in [-0.3, -0.25) is 9.98 Å². The van der Waals surface area contributed by atoms with Gasteiger partial charge in [-0.15, -0.1) is 0 Å². The lowest BCUT2D eigenvalue weighted by Gasteiger charge is -2.14. The number of aromatic nitrogens is 2. The van der Waals surface area contributed by atoms with E-state index in [4.69, 9.17) is 15.9 Å². The van der Waals surface area contributed by atoms with E-state index in [0.29, 0.717) is 17.2 Å². The maximum absolute atomic E-state index is 12.3. The van der Waals surface area contributed by atoms with Crippen LogP contribution in [0, 0.1) is 5.41 Å². The predicted octanol–water partition coefficient (Wildman–Crippen LogP) is 2.87. The number of nitrogens with zero attached hydrogens (tertiary/aromatic N) is 4. The molecule has 134 valence electrons. The summed E-state index contributed by atoms with van der Waals surface area (Å²) in [7, 11) is 1.60. The molecule has 2 amide bonds. The molecule has 0 bridgehead atoms. The van der Waals surface area contributed by atoms with E-state index in [2.05, 4.69) is 9.98 Å². The molecule has 3 N–H and O–H groups in total. The number of nitrogen functional groups attached to an aromatic ring is 1. The summed E-state index contributed by atoms with van der Waals surface area (Å²) in [6, 6.07) is 15.7. The Morgan fingerprint density at radius 3 is 2.41 bits per heavy atom. The Hall–Kier alpha value is -3.94. The summed E-state index contributed by atoms with van der Waals surface area (Å²) < 4.78 is 6.82. The molecule has 0 radical (unpaired) electrons. The normalized spacial score (nSPS) is 13.8. The first-order valence-electron chi connectivity index (χ1n) is 8.14. The summed E-state index contributed by atoms with van der Waals surface area (Å²) >= 11 is 0. The number of nitrogens with one attached hydrogen (secondary N) is 1. The molecule has 4 rings (SSSR count). The van der Waals surface area contributed by atoms with Gasteiger partial charge >= 0.3 is 6.03 Å². The molecule has 1 aromatic heterocycles. The number of benzene rings is 2. The van der Waals surface area contributed by atoms with Crippen molar-refractivity contribution in [1.29, 1.82) is 5.41 Å². The molecule has 2 aromatic carbocycles. The maximum Gasteiger partial charge on any atom is 0.354 e. The van der Waals surface area contributed by atoms with Crippen LogP contribution in [-0.4, -0.2) is 34.2 Å². The zero-order chi connectivity index (χ0) is 19.0. The Bertz CT molecular complexity index is 1050. The van der Waals surface area contributed by atoms with Gasteiger partial charge in [0.2, 0.25) is 0 Å². The summed E-state index contributed by atoms with van der Waals surface area (Å²) in [5, 5.41) is 8.39. The van der Waals surface area contributed by atoms with Crippen LogP contribution < -0.4 is 15.4 Å². The second kappa shape index (κ2) is 6.41. The van der Waals surface area contributed by atoms with E-state index in [0.717, 1.165) is 11.4 Å². The third-order valence-corrected chi connectivity index (χ3v) is 4.24. The number of rotatable bonds is 4. The van der Waals surface area contributed by atoms with E-state index < -0.39 is 6.03 Å². The number of amidine groups is 1. The minimum Gasteiger partial charge on any atom is -0.497 e. The van der Waals surface area contributed by atoms with Gasteiger partial charge in [0.15, 0.2) is 5.84 Å². The molecule has 2 heterocycles. The molecule has 0 aliphatic carbocycles. The van der Waals surface area contributed by atoms with Crippen LogP contribution in [0.25, 0.3) is 5.69 Å². The van der Waals surface area contributed by atoms with E-state index in [1.165, 1.54) is 11.2 Å². The first-order chi connectivity index (χ1) is 13.1. The fourth-order valence-electron chi connectivity index (χ4n) is 2.87. The lowest BCUT2D eigenvalue weighted by Crippen LogP contribution is -2.32. The highest BCUT2D eigenvalue weighted by atomic mass is 16.5. The zero-order valence-corrected chi connectivity index (χ0v) is 14.5. The fourth-order valence-corrected chi connectivity index (χ4v) is 2.87. The number of methoxy groups -OCH3 is 1. The second-order valence-electron chi connectivity index (χ2n) is 5.81. The van der Waals surface area contributed by atoms with Gasteiger partial charge in [-0.25, -0.2) is 14.7 Å². The first kappa shape index (κ1) is 16.5. The number of nitrogens with two attached hydrogens (primary N) is 1. The monoisotopic (exact) mass is 360 g/mol. The molecule has 0 atom stereocenters. The molecule has 0 spiro atoms. The molecular weight excluding hydrogens is 344 g/mol. The van der Waals surface area contributed by atoms with Gasteiger partial charge in [0.1, 0.15) is 29.3 Å². The van der Waals surface area contributed by atoms with Crippen molar-refractivity contribution in [3.63, 3.8) is 0 Å². The molecular formula is C19H16N6O2. The molecule has 3 aromatic rings. The predicted molar refractivity (Wildman–Crippen MR) is 103 cm³/mol. The SMILES string of the molecule is COc1ccc(-n2cnc(C3=NC(=O)N(c4ccccc4)C3=N)c2N)cc1. The summed E-state index contributed by atoms with van der Waals surface area (Å²) in [5.41, 5.74) is 8.03. The molecule has 0 unspecified atom stereocenters. The summed E-state index contributed by atoms with van der Waals surface area (Å²) in [4.78, 5) is 21.8. The van der Waals surface area contributed by atoms with Crippen LogP contribution in [0.15, 0.2) is 65.9 Å². The highest BCUT2D eigenvalue weighted by molar-refractivity contribution is 6.59. The van der Waals surface area contributed by atoms with Gasteiger partial charge in [-0.05, 0) is 36.4 Å². The van der Waals surface area contributed by atoms with E-state index in [-0.39, 0.29) is 11.5 Å². The van der Waals surface area contributed by atoms with Crippen molar-refractivity contribution >= 4 is 29.1 Å². The Morgan fingerprint density at radius 2 is 1.74 bits per heavy atom. The average molecular weight is 360 g/mol. The molecule has 1 aliphatic heterocycles. The number of para-hydroxylation sites is 1. The Kier molecular flexibility index (Phi) is 3.92. The van der Waals surface area contributed by atoms with Crippen LogP contribution in [0.3, 0.4) is 0 Å². The van der Waals surface area contributed by atoms with Gasteiger partial charge in [-0.1, -0.05) is 18.2 Å². The van der Waals surface area contributed by atoms with Crippen molar-refractivity contribution in [1.82, 2.24) is 9.55 Å². The lowest BCUT2D eigenvalue weighted by molar-refractivity contribution is 0.257. The lowest BCUT2D eigenvalue weighted by atomic mass is 10.2. The Morgan fingerprint density at radius 1 is 1.04 bits per heavy atom. The van der Waals surface area contributed by atoms with Crippen molar-refractivity contribution < 1.29 is 9.53 Å². The van der Waals surface area contributed by atoms with Crippen molar-refractivity contribution in [2.45, 2.75) is 0 Å². The number of imidazole rings is 1. The number of amides is 2. The quantitative estimate of drug-likeness (QED) is 0.745. The van der Waals surface area contributed by atoms with E-state index in [9.17, 15) is 4.79 Å². The number of aliphatic imine (C=N–C) groups is 1. The van der Waals surface area contributed by atoms with E-state index >= 15 is 0 Å². The highest BCUT2D eigenvalue weighted by Gasteiger charge is 2.34. The average Bonchev–Trinajstić information content (AvgIpc) is 3.21. The standard InChI is InChI=1S/C19H16N6O2/c1-27-14-9-7-12(8-10-14)24-11-22-15(17(24)20)16-18(21)25(19(26)23-16)13-5-3-2-4-6-13/h2-11,21H,20H2,1H3. The summed E-state index contributed by atoms with van der Waals surface area (Å²) in [5.74, 6) is 0.966. The van der Waals surface area contributed by atoms with Gasteiger partial charge in [-0.2, -0.15) is 4.99 Å². The summed E-state index contributed by atoms with van der Waals surface area (Å²) in [6.07, 6.45) is 1.54. The van der Waals surface area contributed by atoms with E-state index in [1.54, 1.807) is 35.9 Å². The molecule has 1 aliphatic rings. The Balaban J connectivity index is 1.68. The maximum atomic E-state index is 12.3. The third kappa shape index (κ3) is 2.73. The number of ether oxygens (including phenoxy) is 1. The van der Waals surface area contributed by atoms with Crippen molar-refractivity contribution in [2.75, 3.05) is 17.7 Å². The molecule has 8 heteroatoms. The van der Waals surface area contributed by atoms with Crippen molar-refractivity contribution in [2.24, 2.45) is 4.99 Å². The second-order valence-corrected chi connectivity index (χ2v) is 5.81. The highest BCUT2D eigenvalue weighted by Crippen LogP contribution is 2.25. The number of hydrogen-bond donors (Lipinski definition) is 2. The molecule has 8 nitrogen and oxygen atoms in total. The van der Waals surface area contributed by atoms with Gasteiger partial charge in [0, 0.05) is 5.69 Å². The first-order valence-corrected chi connectivity index (χ1v) is 8.14. The third-order valence-electron chi connectivity index (χ3n) is 4.24.